The van der Waals surface area contributed by atoms with Crippen molar-refractivity contribution in [3.63, 3.8) is 0 Å². The molecule has 7 nitrogen and oxygen atoms in total. The number of nitrogens with one attached hydrogen (secondary N) is 1. The molecule has 3 N–H and O–H groups in total. The molecule has 0 radical (unpaired) electrons. The molecular formula is C12H20N4O3S. The number of hydrogen-bond acceptors (Lipinski definition) is 4. The summed E-state index contributed by atoms with van der Waals surface area (Å²) in [4.78, 5) is 13.9. The van der Waals surface area contributed by atoms with Gasteiger partial charge in [0.1, 0.15) is 4.90 Å². The van der Waals surface area contributed by atoms with Gasteiger partial charge in [-0.2, -0.15) is 5.10 Å². The predicted molar refractivity (Wildman–Crippen MR) is 73.6 cm³/mol. The number of primary sulfonamides is 1. The molecular weight excluding hydrogens is 280 g/mol. The van der Waals surface area contributed by atoms with Crippen molar-refractivity contribution in [2.24, 2.45) is 11.1 Å². The smallest absolute Gasteiger partial charge is 0.275 e. The summed E-state index contributed by atoms with van der Waals surface area (Å²) in [5.41, 5.74) is 0.283. The second kappa shape index (κ2) is 5.53. The van der Waals surface area contributed by atoms with Gasteiger partial charge >= 0.3 is 0 Å². The summed E-state index contributed by atoms with van der Waals surface area (Å²) in [7, 11) is -3.97. The van der Waals surface area contributed by atoms with Crippen molar-refractivity contribution in [3.8, 4) is 0 Å². The number of H-pyrrole nitrogens is 1. The Bertz CT molecular complexity index is 604. The highest BCUT2D eigenvalue weighted by molar-refractivity contribution is 7.89. The maximum absolute atomic E-state index is 12.5. The zero-order chi connectivity index (χ0) is 14.9. The van der Waals surface area contributed by atoms with Gasteiger partial charge in [-0.25, -0.2) is 13.6 Å². The zero-order valence-corrected chi connectivity index (χ0v) is 12.5. The van der Waals surface area contributed by atoms with Crippen molar-refractivity contribution in [3.05, 3.63) is 11.4 Å². The number of nitrogens with two attached hydrogens (primary N) is 1. The van der Waals surface area contributed by atoms with Crippen molar-refractivity contribution in [1.82, 2.24) is 15.1 Å². The first-order valence-electron chi connectivity index (χ1n) is 6.77. The van der Waals surface area contributed by atoms with E-state index in [0.29, 0.717) is 31.1 Å². The van der Waals surface area contributed by atoms with Crippen LogP contribution in [0.25, 0.3) is 0 Å². The Hall–Kier alpha value is -1.41. The number of aryl methyl sites for hydroxylation is 1. The van der Waals surface area contributed by atoms with E-state index in [0.717, 1.165) is 12.8 Å². The van der Waals surface area contributed by atoms with Gasteiger partial charge in [-0.1, -0.05) is 6.92 Å². The number of rotatable bonds is 6. The van der Waals surface area contributed by atoms with Gasteiger partial charge in [-0.15, -0.1) is 0 Å². The van der Waals surface area contributed by atoms with Crippen LogP contribution in [0, 0.1) is 5.92 Å². The van der Waals surface area contributed by atoms with E-state index < -0.39 is 10.0 Å². The molecule has 1 heterocycles. The van der Waals surface area contributed by atoms with E-state index in [1.54, 1.807) is 11.8 Å². The standard InChI is InChI=1S/C12H20N4O3S/c1-3-9-11(20(13,18)19)10(15-14-9)12(17)16(4-2)7-8-5-6-8/h8H,3-7H2,1-2H3,(H,14,15)(H2,13,18,19). The molecule has 1 aliphatic rings. The van der Waals surface area contributed by atoms with E-state index in [1.807, 2.05) is 6.92 Å². The second-order valence-corrected chi connectivity index (χ2v) is 6.56. The van der Waals surface area contributed by atoms with E-state index in [9.17, 15) is 13.2 Å². The molecule has 8 heteroatoms. The van der Waals surface area contributed by atoms with Gasteiger partial charge in [0.05, 0.1) is 5.69 Å². The molecule has 0 spiro atoms. The van der Waals surface area contributed by atoms with Crippen LogP contribution in [0.15, 0.2) is 4.90 Å². The van der Waals surface area contributed by atoms with Gasteiger partial charge in [0, 0.05) is 13.1 Å². The lowest BCUT2D eigenvalue weighted by atomic mass is 10.2. The van der Waals surface area contributed by atoms with E-state index in [1.165, 1.54) is 0 Å². The maximum atomic E-state index is 12.5. The molecule has 0 aliphatic heterocycles. The molecule has 112 valence electrons. The summed E-state index contributed by atoms with van der Waals surface area (Å²) < 4.78 is 23.4. The van der Waals surface area contributed by atoms with E-state index in [2.05, 4.69) is 10.2 Å². The molecule has 1 aromatic rings. The van der Waals surface area contributed by atoms with Crippen molar-refractivity contribution in [2.75, 3.05) is 13.1 Å². The lowest BCUT2D eigenvalue weighted by Gasteiger charge is -2.19. The van der Waals surface area contributed by atoms with Crippen LogP contribution in [-0.4, -0.2) is 42.5 Å². The summed E-state index contributed by atoms with van der Waals surface area (Å²) in [6.07, 6.45) is 2.65. The second-order valence-electron chi connectivity index (χ2n) is 5.07. The third kappa shape index (κ3) is 3.01. The molecule has 0 aromatic carbocycles. The first-order chi connectivity index (χ1) is 9.38. The van der Waals surface area contributed by atoms with E-state index in [-0.39, 0.29) is 16.5 Å². The molecule has 0 saturated heterocycles. The number of carbonyl (C=O) groups excluding carboxylic acids is 1. The van der Waals surface area contributed by atoms with E-state index >= 15 is 0 Å². The Morgan fingerprint density at radius 2 is 2.10 bits per heavy atom. The molecule has 1 fully saturated rings. The van der Waals surface area contributed by atoms with Gasteiger partial charge < -0.3 is 4.90 Å². The van der Waals surface area contributed by atoms with Crippen LogP contribution < -0.4 is 5.14 Å². The molecule has 2 rings (SSSR count). The summed E-state index contributed by atoms with van der Waals surface area (Å²) in [6.45, 7) is 4.81. The number of sulfonamides is 1. The molecule has 0 unspecified atom stereocenters. The Kier molecular flexibility index (Phi) is 4.14. The number of nitrogens with zero attached hydrogens (tertiary/aromatic N) is 2. The number of amides is 1. The molecule has 0 atom stereocenters. The molecule has 1 amide bonds. The van der Waals surface area contributed by atoms with Crippen LogP contribution >= 0.6 is 0 Å². The highest BCUT2D eigenvalue weighted by Crippen LogP contribution is 2.30. The minimum Gasteiger partial charge on any atom is -0.337 e. The van der Waals surface area contributed by atoms with Gasteiger partial charge in [0.2, 0.25) is 10.0 Å². The summed E-state index contributed by atoms with van der Waals surface area (Å²) in [5, 5.41) is 11.7. The lowest BCUT2D eigenvalue weighted by molar-refractivity contribution is 0.0747. The number of hydrogen-bond donors (Lipinski definition) is 2. The third-order valence-corrected chi connectivity index (χ3v) is 4.49. The average molecular weight is 300 g/mol. The van der Waals surface area contributed by atoms with Gasteiger partial charge in [0.25, 0.3) is 5.91 Å². The summed E-state index contributed by atoms with van der Waals surface area (Å²) in [5.74, 6) is 0.154. The van der Waals surface area contributed by atoms with Crippen molar-refractivity contribution in [1.29, 1.82) is 0 Å². The Morgan fingerprint density at radius 1 is 1.45 bits per heavy atom. The highest BCUT2D eigenvalue weighted by Gasteiger charge is 2.32. The molecule has 1 aromatic heterocycles. The monoisotopic (exact) mass is 300 g/mol. The predicted octanol–water partition coefficient (Wildman–Crippen LogP) is 0.492. The SMILES string of the molecule is CCc1[nH]nc(C(=O)N(CC)CC2CC2)c1S(N)(=O)=O. The molecule has 0 bridgehead atoms. The zero-order valence-electron chi connectivity index (χ0n) is 11.7. The minimum atomic E-state index is -3.97. The lowest BCUT2D eigenvalue weighted by Crippen LogP contribution is -2.34. The molecule has 1 saturated carbocycles. The quantitative estimate of drug-likeness (QED) is 0.796. The maximum Gasteiger partial charge on any atom is 0.275 e. The summed E-state index contributed by atoms with van der Waals surface area (Å²) in [6, 6.07) is 0. The summed E-state index contributed by atoms with van der Waals surface area (Å²) >= 11 is 0. The highest BCUT2D eigenvalue weighted by atomic mass is 32.2. The fraction of sp³-hybridized carbons (Fsp3) is 0.667. The normalized spacial score (nSPS) is 15.3. The Morgan fingerprint density at radius 3 is 2.55 bits per heavy atom. The van der Waals surface area contributed by atoms with Crippen LogP contribution in [0.2, 0.25) is 0 Å². The fourth-order valence-corrected chi connectivity index (χ4v) is 3.11. The van der Waals surface area contributed by atoms with Crippen LogP contribution in [-0.2, 0) is 16.4 Å². The van der Waals surface area contributed by atoms with Crippen LogP contribution in [0.1, 0.15) is 42.9 Å². The fourth-order valence-electron chi connectivity index (χ4n) is 2.18. The number of aromatic amines is 1. The van der Waals surface area contributed by atoms with Crippen LogP contribution in [0.4, 0.5) is 0 Å². The van der Waals surface area contributed by atoms with Crippen LogP contribution in [0.3, 0.4) is 0 Å². The topological polar surface area (TPSA) is 109 Å². The first-order valence-corrected chi connectivity index (χ1v) is 8.32. The largest absolute Gasteiger partial charge is 0.337 e. The number of carbonyl (C=O) groups is 1. The van der Waals surface area contributed by atoms with Gasteiger partial charge in [0.15, 0.2) is 5.69 Å². The van der Waals surface area contributed by atoms with Gasteiger partial charge in [-0.05, 0) is 32.1 Å². The van der Waals surface area contributed by atoms with Gasteiger partial charge in [-0.3, -0.25) is 9.89 Å². The average Bonchev–Trinajstić information content (AvgIpc) is 3.08. The minimum absolute atomic E-state index is 0.0909. The molecule has 20 heavy (non-hydrogen) atoms. The molecule has 1 aliphatic carbocycles. The van der Waals surface area contributed by atoms with E-state index in [4.69, 9.17) is 5.14 Å². The number of aromatic nitrogens is 2. The van der Waals surface area contributed by atoms with Crippen molar-refractivity contribution < 1.29 is 13.2 Å². The Labute approximate surface area is 118 Å². The third-order valence-electron chi connectivity index (χ3n) is 3.48. The van der Waals surface area contributed by atoms with Crippen molar-refractivity contribution in [2.45, 2.75) is 38.0 Å². The van der Waals surface area contributed by atoms with Crippen LogP contribution in [0.5, 0.6) is 0 Å². The van der Waals surface area contributed by atoms with Crippen molar-refractivity contribution >= 4 is 15.9 Å². The Balaban J connectivity index is 2.35. The first kappa shape index (κ1) is 15.0.